The van der Waals surface area contributed by atoms with Gasteiger partial charge in [-0.25, -0.2) is 5.48 Å². The van der Waals surface area contributed by atoms with E-state index in [0.29, 0.717) is 19.1 Å². The molecular formula is C14H24N2O3. The third kappa shape index (κ3) is 5.44. The highest BCUT2D eigenvalue weighted by molar-refractivity contribution is 5.90. The Hall–Kier alpha value is -1.33. The van der Waals surface area contributed by atoms with E-state index in [-0.39, 0.29) is 11.7 Å². The van der Waals surface area contributed by atoms with Crippen molar-refractivity contribution in [2.45, 2.75) is 34.2 Å². The summed E-state index contributed by atoms with van der Waals surface area (Å²) in [5.41, 5.74) is 2.38. The average molecular weight is 268 g/mol. The lowest BCUT2D eigenvalue weighted by Gasteiger charge is -2.15. The van der Waals surface area contributed by atoms with Crippen LogP contribution in [0.25, 0.3) is 0 Å². The highest BCUT2D eigenvalue weighted by Crippen LogP contribution is 2.10. The fraction of sp³-hybridized carbons (Fsp3) is 0.643. The number of hydrogen-bond donors (Lipinski definition) is 1. The predicted octanol–water partition coefficient (Wildman–Crippen LogP) is 2.44. The summed E-state index contributed by atoms with van der Waals surface area (Å²) in [7, 11) is 0. The second-order valence-electron chi connectivity index (χ2n) is 4.86. The fourth-order valence-corrected chi connectivity index (χ4v) is 1.58. The van der Waals surface area contributed by atoms with Crippen LogP contribution in [-0.4, -0.2) is 30.5 Å². The van der Waals surface area contributed by atoms with E-state index in [1.807, 2.05) is 19.9 Å². The van der Waals surface area contributed by atoms with Gasteiger partial charge in [0.15, 0.2) is 5.76 Å². The molecule has 1 heterocycles. The van der Waals surface area contributed by atoms with Gasteiger partial charge in [0.2, 0.25) is 0 Å². The lowest BCUT2D eigenvalue weighted by Crippen LogP contribution is -2.25. The zero-order chi connectivity index (χ0) is 14.3. The molecule has 0 aliphatic rings. The van der Waals surface area contributed by atoms with Gasteiger partial charge in [-0.15, -0.1) is 0 Å². The van der Waals surface area contributed by atoms with Crippen LogP contribution in [-0.2, 0) is 11.4 Å². The van der Waals surface area contributed by atoms with Gasteiger partial charge in [0.05, 0.1) is 13.2 Å². The Morgan fingerprint density at radius 1 is 1.37 bits per heavy atom. The summed E-state index contributed by atoms with van der Waals surface area (Å²) in [6, 6.07) is 3.50. The van der Waals surface area contributed by atoms with Gasteiger partial charge in [0.25, 0.3) is 0 Å². The van der Waals surface area contributed by atoms with Gasteiger partial charge < -0.3 is 4.42 Å². The molecule has 1 amide bonds. The summed E-state index contributed by atoms with van der Waals surface area (Å²) in [6.45, 7) is 11.3. The highest BCUT2D eigenvalue weighted by Gasteiger charge is 2.12. The Balaban J connectivity index is 2.47. The standard InChI is InChI=1S/C14H24N2O3/c1-5-16(6-2)9-12-7-8-13(19-12)14(17)15-18-10-11(3)4/h7-8,11H,5-6,9-10H2,1-4H3,(H,15,17). The monoisotopic (exact) mass is 268 g/mol. The maximum Gasteiger partial charge on any atom is 0.310 e. The van der Waals surface area contributed by atoms with Crippen molar-refractivity contribution < 1.29 is 14.0 Å². The summed E-state index contributed by atoms with van der Waals surface area (Å²) in [5.74, 6) is 1.10. The van der Waals surface area contributed by atoms with Crippen LogP contribution in [0.4, 0.5) is 0 Å². The zero-order valence-electron chi connectivity index (χ0n) is 12.2. The number of hydrogen-bond acceptors (Lipinski definition) is 4. The van der Waals surface area contributed by atoms with Crippen LogP contribution in [0.2, 0.25) is 0 Å². The van der Waals surface area contributed by atoms with E-state index in [1.165, 1.54) is 0 Å². The van der Waals surface area contributed by atoms with Crippen molar-refractivity contribution in [1.29, 1.82) is 0 Å². The molecule has 1 aromatic heterocycles. The molecule has 0 aliphatic heterocycles. The lowest BCUT2D eigenvalue weighted by molar-refractivity contribution is 0.0187. The first kappa shape index (κ1) is 15.7. The quantitative estimate of drug-likeness (QED) is 0.736. The number of amides is 1. The number of hydroxylamine groups is 1. The molecular weight excluding hydrogens is 244 g/mol. The van der Waals surface area contributed by atoms with Gasteiger partial charge in [0, 0.05) is 0 Å². The normalized spacial score (nSPS) is 11.3. The number of carbonyl (C=O) groups is 1. The minimum atomic E-state index is -0.341. The molecule has 0 saturated carbocycles. The van der Waals surface area contributed by atoms with Crippen LogP contribution in [0.1, 0.15) is 44.0 Å². The maximum absolute atomic E-state index is 11.7. The second kappa shape index (κ2) is 7.96. The molecule has 1 aromatic rings. The first-order chi connectivity index (χ1) is 9.06. The minimum Gasteiger partial charge on any atom is -0.454 e. The fourth-order valence-electron chi connectivity index (χ4n) is 1.58. The van der Waals surface area contributed by atoms with Crippen LogP contribution in [0.5, 0.6) is 0 Å². The topological polar surface area (TPSA) is 54.7 Å². The SMILES string of the molecule is CCN(CC)Cc1ccc(C(=O)NOCC(C)C)o1. The molecule has 0 aliphatic carbocycles. The van der Waals surface area contributed by atoms with Crippen molar-refractivity contribution in [3.8, 4) is 0 Å². The molecule has 5 heteroatoms. The molecule has 1 N–H and O–H groups in total. The Kier molecular flexibility index (Phi) is 6.59. The molecule has 108 valence electrons. The summed E-state index contributed by atoms with van der Waals surface area (Å²) in [6.07, 6.45) is 0. The molecule has 0 spiro atoms. The van der Waals surface area contributed by atoms with Crippen LogP contribution in [0.3, 0.4) is 0 Å². The van der Waals surface area contributed by atoms with E-state index >= 15 is 0 Å². The second-order valence-corrected chi connectivity index (χ2v) is 4.86. The first-order valence-corrected chi connectivity index (χ1v) is 6.80. The van der Waals surface area contributed by atoms with Crippen LogP contribution >= 0.6 is 0 Å². The maximum atomic E-state index is 11.7. The molecule has 0 saturated heterocycles. The van der Waals surface area contributed by atoms with Gasteiger partial charge in [0.1, 0.15) is 5.76 Å². The van der Waals surface area contributed by atoms with Crippen molar-refractivity contribution in [3.05, 3.63) is 23.7 Å². The molecule has 0 aromatic carbocycles. The number of nitrogens with zero attached hydrogens (tertiary/aromatic N) is 1. The van der Waals surface area contributed by atoms with Gasteiger partial charge in [-0.3, -0.25) is 14.5 Å². The number of rotatable bonds is 8. The van der Waals surface area contributed by atoms with Gasteiger partial charge in [-0.1, -0.05) is 27.7 Å². The summed E-state index contributed by atoms with van der Waals surface area (Å²) < 4.78 is 5.50. The molecule has 1 rings (SSSR count). The van der Waals surface area contributed by atoms with Gasteiger partial charge in [-0.2, -0.15) is 0 Å². The summed E-state index contributed by atoms with van der Waals surface area (Å²) in [5, 5.41) is 0. The van der Waals surface area contributed by atoms with E-state index in [4.69, 9.17) is 9.25 Å². The van der Waals surface area contributed by atoms with Crippen molar-refractivity contribution in [1.82, 2.24) is 10.4 Å². The smallest absolute Gasteiger partial charge is 0.310 e. The van der Waals surface area contributed by atoms with Crippen molar-refractivity contribution in [2.75, 3.05) is 19.7 Å². The van der Waals surface area contributed by atoms with E-state index in [9.17, 15) is 4.79 Å². The van der Waals surface area contributed by atoms with E-state index < -0.39 is 0 Å². The first-order valence-electron chi connectivity index (χ1n) is 6.80. The Morgan fingerprint density at radius 3 is 2.63 bits per heavy atom. The highest BCUT2D eigenvalue weighted by atomic mass is 16.7. The number of furan rings is 1. The van der Waals surface area contributed by atoms with Gasteiger partial charge in [-0.05, 0) is 31.1 Å². The van der Waals surface area contributed by atoms with Crippen LogP contribution in [0.15, 0.2) is 16.5 Å². The lowest BCUT2D eigenvalue weighted by atomic mass is 10.2. The molecule has 0 fully saturated rings. The largest absolute Gasteiger partial charge is 0.454 e. The van der Waals surface area contributed by atoms with Crippen molar-refractivity contribution in [3.63, 3.8) is 0 Å². The van der Waals surface area contributed by atoms with E-state index in [1.54, 1.807) is 6.07 Å². The Labute approximate surface area is 114 Å². The summed E-state index contributed by atoms with van der Waals surface area (Å²) >= 11 is 0. The third-order valence-electron chi connectivity index (χ3n) is 2.74. The summed E-state index contributed by atoms with van der Waals surface area (Å²) in [4.78, 5) is 19.0. The molecule has 5 nitrogen and oxygen atoms in total. The number of carbonyl (C=O) groups excluding carboxylic acids is 1. The molecule has 19 heavy (non-hydrogen) atoms. The minimum absolute atomic E-state index is 0.283. The Bertz CT molecular complexity index is 384. The van der Waals surface area contributed by atoms with Crippen molar-refractivity contribution in [2.24, 2.45) is 5.92 Å². The van der Waals surface area contributed by atoms with Crippen LogP contribution < -0.4 is 5.48 Å². The van der Waals surface area contributed by atoms with Crippen molar-refractivity contribution >= 4 is 5.91 Å². The molecule has 0 unspecified atom stereocenters. The number of nitrogens with one attached hydrogen (secondary N) is 1. The van der Waals surface area contributed by atoms with E-state index in [2.05, 4.69) is 24.2 Å². The third-order valence-corrected chi connectivity index (χ3v) is 2.74. The molecule has 0 bridgehead atoms. The predicted molar refractivity (Wildman–Crippen MR) is 73.6 cm³/mol. The van der Waals surface area contributed by atoms with Gasteiger partial charge >= 0.3 is 5.91 Å². The average Bonchev–Trinajstić information content (AvgIpc) is 2.84. The van der Waals surface area contributed by atoms with E-state index in [0.717, 1.165) is 18.8 Å². The van der Waals surface area contributed by atoms with Crippen LogP contribution in [0, 0.1) is 5.92 Å². The zero-order valence-corrected chi connectivity index (χ0v) is 12.2. The molecule has 0 radical (unpaired) electrons. The molecule has 0 atom stereocenters. The Morgan fingerprint density at radius 2 is 2.05 bits per heavy atom.